The molecular formula is C32H40N2O5. The molecule has 7 heteroatoms. The molecule has 0 fully saturated rings. The average Bonchev–Trinajstić information content (AvgIpc) is 2.97. The van der Waals surface area contributed by atoms with Crippen molar-refractivity contribution < 1.29 is 23.8 Å². The molecule has 1 N–H and O–H groups in total. The topological polar surface area (TPSA) is 77.1 Å². The Bertz CT molecular complexity index is 1180. The highest BCUT2D eigenvalue weighted by atomic mass is 16.5. The van der Waals surface area contributed by atoms with Crippen molar-refractivity contribution in [2.75, 3.05) is 27.9 Å². The zero-order chi connectivity index (χ0) is 28.0. The normalized spacial score (nSPS) is 11.4. The van der Waals surface area contributed by atoms with Crippen molar-refractivity contribution in [3.63, 3.8) is 0 Å². The van der Waals surface area contributed by atoms with Crippen LogP contribution in [0.1, 0.15) is 42.9 Å². The number of carbonyl (C=O) groups excluding carboxylic acids is 2. The molecule has 0 aliphatic heterocycles. The summed E-state index contributed by atoms with van der Waals surface area (Å²) in [5.74, 6) is 1.58. The standard InChI is InChI=1S/C32H40N2O5/c1-5-6-10-19-33-32(36)28(20-24-11-8-7-9-12-24)34(23-25-13-16-27(37-2)17-14-25)31(35)22-26-15-18-29(38-3)30(21-26)39-4/h7-9,11-18,21,28H,5-6,10,19-20,22-23H2,1-4H3,(H,33,36)/t28-/m0/s1. The average molecular weight is 533 g/mol. The third-order valence-corrected chi connectivity index (χ3v) is 6.67. The maximum atomic E-state index is 14.0. The predicted octanol–water partition coefficient (Wildman–Crippen LogP) is 5.20. The second kappa shape index (κ2) is 15.4. The number of amides is 2. The summed E-state index contributed by atoms with van der Waals surface area (Å²) in [6, 6.07) is 22.2. The monoisotopic (exact) mass is 532 g/mol. The Morgan fingerprint density at radius 3 is 2.13 bits per heavy atom. The van der Waals surface area contributed by atoms with E-state index in [1.165, 1.54) is 0 Å². The van der Waals surface area contributed by atoms with Crippen LogP contribution in [0.15, 0.2) is 72.8 Å². The Kier molecular flexibility index (Phi) is 11.7. The van der Waals surface area contributed by atoms with Gasteiger partial charge in [-0.05, 0) is 47.4 Å². The maximum Gasteiger partial charge on any atom is 0.243 e. The Hall–Kier alpha value is -4.00. The molecule has 0 saturated heterocycles. The lowest BCUT2D eigenvalue weighted by atomic mass is 10.0. The summed E-state index contributed by atoms with van der Waals surface area (Å²) >= 11 is 0. The van der Waals surface area contributed by atoms with E-state index >= 15 is 0 Å². The molecule has 2 amide bonds. The van der Waals surface area contributed by atoms with E-state index in [0.717, 1.165) is 41.7 Å². The molecule has 3 aromatic rings. The van der Waals surface area contributed by atoms with Crippen molar-refractivity contribution >= 4 is 11.8 Å². The van der Waals surface area contributed by atoms with Crippen LogP contribution in [0.4, 0.5) is 0 Å². The molecule has 1 atom stereocenters. The molecule has 39 heavy (non-hydrogen) atoms. The van der Waals surface area contributed by atoms with Crippen LogP contribution in [0.2, 0.25) is 0 Å². The van der Waals surface area contributed by atoms with Gasteiger partial charge in [-0.15, -0.1) is 0 Å². The second-order valence-electron chi connectivity index (χ2n) is 9.44. The first-order chi connectivity index (χ1) is 19.0. The third kappa shape index (κ3) is 8.77. The lowest BCUT2D eigenvalue weighted by Crippen LogP contribution is -2.51. The van der Waals surface area contributed by atoms with Crippen molar-refractivity contribution in [1.82, 2.24) is 10.2 Å². The maximum absolute atomic E-state index is 14.0. The van der Waals surface area contributed by atoms with E-state index < -0.39 is 6.04 Å². The quantitative estimate of drug-likeness (QED) is 0.272. The lowest BCUT2D eigenvalue weighted by molar-refractivity contribution is -0.140. The first kappa shape index (κ1) is 29.6. The largest absolute Gasteiger partial charge is 0.497 e. The Labute approximate surface area is 232 Å². The van der Waals surface area contributed by atoms with Crippen LogP contribution < -0.4 is 19.5 Å². The van der Waals surface area contributed by atoms with Crippen LogP contribution in [0, 0.1) is 0 Å². The molecule has 0 spiro atoms. The van der Waals surface area contributed by atoms with Crippen molar-refractivity contribution in [3.05, 3.63) is 89.5 Å². The number of ether oxygens (including phenoxy) is 3. The minimum absolute atomic E-state index is 0.116. The van der Waals surface area contributed by atoms with E-state index in [9.17, 15) is 9.59 Å². The number of unbranched alkanes of at least 4 members (excludes halogenated alkanes) is 2. The predicted molar refractivity (Wildman–Crippen MR) is 153 cm³/mol. The zero-order valence-corrected chi connectivity index (χ0v) is 23.4. The number of carbonyl (C=O) groups is 2. The van der Waals surface area contributed by atoms with Crippen LogP contribution in [-0.4, -0.2) is 50.6 Å². The highest BCUT2D eigenvalue weighted by Gasteiger charge is 2.30. The van der Waals surface area contributed by atoms with Crippen molar-refractivity contribution in [3.8, 4) is 17.2 Å². The Balaban J connectivity index is 1.94. The number of nitrogens with zero attached hydrogens (tertiary/aromatic N) is 1. The van der Waals surface area contributed by atoms with Gasteiger partial charge in [-0.25, -0.2) is 0 Å². The Morgan fingerprint density at radius 2 is 1.49 bits per heavy atom. The van der Waals surface area contributed by atoms with Crippen LogP contribution in [-0.2, 0) is 29.0 Å². The highest BCUT2D eigenvalue weighted by molar-refractivity contribution is 5.88. The zero-order valence-electron chi connectivity index (χ0n) is 23.4. The molecule has 3 aromatic carbocycles. The van der Waals surface area contributed by atoms with Gasteiger partial charge in [0.25, 0.3) is 0 Å². The van der Waals surface area contributed by atoms with Gasteiger partial charge in [0.2, 0.25) is 11.8 Å². The van der Waals surface area contributed by atoms with E-state index in [1.807, 2.05) is 60.7 Å². The molecule has 7 nitrogen and oxygen atoms in total. The van der Waals surface area contributed by atoms with Gasteiger partial charge < -0.3 is 24.4 Å². The molecule has 0 radical (unpaired) electrons. The molecule has 0 aliphatic carbocycles. The first-order valence-corrected chi connectivity index (χ1v) is 13.4. The van der Waals surface area contributed by atoms with Crippen LogP contribution >= 0.6 is 0 Å². The molecule has 0 heterocycles. The van der Waals surface area contributed by atoms with Crippen molar-refractivity contribution in [1.29, 1.82) is 0 Å². The summed E-state index contributed by atoms with van der Waals surface area (Å²) < 4.78 is 16.1. The van der Waals surface area contributed by atoms with Gasteiger partial charge in [-0.3, -0.25) is 9.59 Å². The summed E-state index contributed by atoms with van der Waals surface area (Å²) in [6.45, 7) is 3.00. The number of methoxy groups -OCH3 is 3. The molecule has 0 aliphatic rings. The number of benzene rings is 3. The fourth-order valence-corrected chi connectivity index (χ4v) is 4.45. The van der Waals surface area contributed by atoms with Gasteiger partial charge in [0, 0.05) is 19.5 Å². The minimum atomic E-state index is -0.677. The summed E-state index contributed by atoms with van der Waals surface area (Å²) in [7, 11) is 4.76. The fourth-order valence-electron chi connectivity index (χ4n) is 4.45. The molecule has 3 rings (SSSR count). The van der Waals surface area contributed by atoms with E-state index in [0.29, 0.717) is 24.5 Å². The number of rotatable bonds is 15. The van der Waals surface area contributed by atoms with Gasteiger partial charge in [-0.2, -0.15) is 0 Å². The molecule has 0 aromatic heterocycles. The lowest BCUT2D eigenvalue weighted by Gasteiger charge is -2.32. The second-order valence-corrected chi connectivity index (χ2v) is 9.44. The van der Waals surface area contributed by atoms with E-state index in [4.69, 9.17) is 14.2 Å². The molecule has 0 bridgehead atoms. The summed E-state index contributed by atoms with van der Waals surface area (Å²) in [5.41, 5.74) is 2.68. The van der Waals surface area contributed by atoms with Gasteiger partial charge in [0.15, 0.2) is 11.5 Å². The van der Waals surface area contributed by atoms with Gasteiger partial charge in [-0.1, -0.05) is 68.3 Å². The fraction of sp³-hybridized carbons (Fsp3) is 0.375. The van der Waals surface area contributed by atoms with Crippen LogP contribution in [0.25, 0.3) is 0 Å². The summed E-state index contributed by atoms with van der Waals surface area (Å²) in [6.07, 6.45) is 3.53. The SMILES string of the molecule is CCCCCNC(=O)[C@H](Cc1ccccc1)N(Cc1ccc(OC)cc1)C(=O)Cc1ccc(OC)c(OC)c1. The summed E-state index contributed by atoms with van der Waals surface area (Å²) in [4.78, 5) is 29.3. The van der Waals surface area contributed by atoms with Gasteiger partial charge in [0.1, 0.15) is 11.8 Å². The van der Waals surface area contributed by atoms with Crippen molar-refractivity contribution in [2.24, 2.45) is 0 Å². The van der Waals surface area contributed by atoms with Crippen molar-refractivity contribution in [2.45, 2.75) is 51.6 Å². The van der Waals surface area contributed by atoms with Crippen LogP contribution in [0.3, 0.4) is 0 Å². The Morgan fingerprint density at radius 1 is 0.795 bits per heavy atom. The highest BCUT2D eigenvalue weighted by Crippen LogP contribution is 2.28. The molecule has 208 valence electrons. The summed E-state index contributed by atoms with van der Waals surface area (Å²) in [5, 5.41) is 3.09. The van der Waals surface area contributed by atoms with Crippen LogP contribution in [0.5, 0.6) is 17.2 Å². The minimum Gasteiger partial charge on any atom is -0.497 e. The molecule has 0 unspecified atom stereocenters. The number of hydrogen-bond acceptors (Lipinski definition) is 5. The third-order valence-electron chi connectivity index (χ3n) is 6.67. The van der Waals surface area contributed by atoms with Gasteiger partial charge >= 0.3 is 0 Å². The smallest absolute Gasteiger partial charge is 0.243 e. The number of hydrogen-bond donors (Lipinski definition) is 1. The van der Waals surface area contributed by atoms with Gasteiger partial charge in [0.05, 0.1) is 27.8 Å². The first-order valence-electron chi connectivity index (χ1n) is 13.4. The molecule has 0 saturated carbocycles. The molecular weight excluding hydrogens is 492 g/mol. The van der Waals surface area contributed by atoms with E-state index in [2.05, 4.69) is 12.2 Å². The van der Waals surface area contributed by atoms with E-state index in [1.54, 1.807) is 38.4 Å². The number of nitrogens with one attached hydrogen (secondary N) is 1. The van der Waals surface area contributed by atoms with E-state index in [-0.39, 0.29) is 24.8 Å².